The van der Waals surface area contributed by atoms with Gasteiger partial charge >= 0.3 is 5.97 Å². The smallest absolute Gasteiger partial charge is 0.328 e. The number of nitrogens with one attached hydrogen (secondary N) is 5. The monoisotopic (exact) mass is 534 g/mol. The molecule has 0 saturated heterocycles. The maximum atomic E-state index is 12.5. The van der Waals surface area contributed by atoms with E-state index >= 15 is 0 Å². The number of aliphatic imine (C=N–C) groups is 1. The first-order chi connectivity index (χ1) is 17.2. The van der Waals surface area contributed by atoms with E-state index < -0.39 is 42.8 Å². The van der Waals surface area contributed by atoms with Crippen molar-refractivity contribution < 1.29 is 24.3 Å². The SMILES string of the molecule is O=C(CNC(=O)c1cccc(NC2=NCCCN2)c1)NC[C@H](NC(=O)c1c(Cl)cccc1Cl)C(=O)O. The normalized spacial score (nSPS) is 13.4. The van der Waals surface area contributed by atoms with Gasteiger partial charge in [-0.15, -0.1) is 0 Å². The van der Waals surface area contributed by atoms with Gasteiger partial charge in [-0.3, -0.25) is 19.4 Å². The summed E-state index contributed by atoms with van der Waals surface area (Å²) in [4.78, 5) is 53.0. The molecule has 3 amide bonds. The van der Waals surface area contributed by atoms with Crippen molar-refractivity contribution >= 4 is 58.5 Å². The zero-order valence-electron chi connectivity index (χ0n) is 18.9. The zero-order chi connectivity index (χ0) is 26.1. The van der Waals surface area contributed by atoms with E-state index in [0.717, 1.165) is 13.0 Å². The number of halogens is 2. The van der Waals surface area contributed by atoms with Crippen LogP contribution >= 0.6 is 23.2 Å². The van der Waals surface area contributed by atoms with Gasteiger partial charge in [-0.25, -0.2) is 4.79 Å². The average Bonchev–Trinajstić information content (AvgIpc) is 2.85. The van der Waals surface area contributed by atoms with Crippen molar-refractivity contribution in [1.29, 1.82) is 0 Å². The van der Waals surface area contributed by atoms with Crippen LogP contribution in [0.4, 0.5) is 5.69 Å². The summed E-state index contributed by atoms with van der Waals surface area (Å²) in [5.74, 6) is -2.70. The minimum Gasteiger partial charge on any atom is -0.480 e. The minimum atomic E-state index is -1.46. The number of aliphatic carboxylic acids is 1. The lowest BCUT2D eigenvalue weighted by atomic mass is 10.2. The van der Waals surface area contributed by atoms with Gasteiger partial charge in [0.05, 0.1) is 22.2 Å². The number of carboxylic acid groups (broad SMARTS) is 1. The van der Waals surface area contributed by atoms with E-state index in [2.05, 4.69) is 31.6 Å². The number of amides is 3. The third-order valence-electron chi connectivity index (χ3n) is 4.99. The molecule has 1 aliphatic heterocycles. The first-order valence-corrected chi connectivity index (χ1v) is 11.7. The fourth-order valence-electron chi connectivity index (χ4n) is 3.18. The van der Waals surface area contributed by atoms with Gasteiger partial charge in [-0.05, 0) is 36.8 Å². The first kappa shape index (κ1) is 26.8. The summed E-state index contributed by atoms with van der Waals surface area (Å²) in [6, 6.07) is 9.63. The summed E-state index contributed by atoms with van der Waals surface area (Å²) in [5.41, 5.74) is 0.893. The Morgan fingerprint density at radius 3 is 2.42 bits per heavy atom. The van der Waals surface area contributed by atoms with Crippen LogP contribution < -0.4 is 26.6 Å². The second-order valence-electron chi connectivity index (χ2n) is 7.66. The molecule has 1 aliphatic rings. The van der Waals surface area contributed by atoms with Gasteiger partial charge in [0.2, 0.25) is 5.91 Å². The molecule has 3 rings (SSSR count). The van der Waals surface area contributed by atoms with Crippen molar-refractivity contribution in [2.75, 3.05) is 31.5 Å². The van der Waals surface area contributed by atoms with Crippen LogP contribution in [0.5, 0.6) is 0 Å². The first-order valence-electron chi connectivity index (χ1n) is 10.9. The lowest BCUT2D eigenvalue weighted by Gasteiger charge is -2.17. The van der Waals surface area contributed by atoms with Crippen molar-refractivity contribution in [3.63, 3.8) is 0 Å². The number of carboxylic acids is 1. The highest BCUT2D eigenvalue weighted by molar-refractivity contribution is 6.39. The molecule has 36 heavy (non-hydrogen) atoms. The summed E-state index contributed by atoms with van der Waals surface area (Å²) in [7, 11) is 0. The molecule has 0 aromatic heterocycles. The van der Waals surface area contributed by atoms with Crippen LogP contribution in [0.2, 0.25) is 10.0 Å². The predicted octanol–water partition coefficient (Wildman–Crippen LogP) is 1.48. The Labute approximate surface area is 216 Å². The highest BCUT2D eigenvalue weighted by atomic mass is 35.5. The summed E-state index contributed by atoms with van der Waals surface area (Å²) in [6.07, 6.45) is 0.949. The Morgan fingerprint density at radius 2 is 1.75 bits per heavy atom. The Kier molecular flexibility index (Phi) is 9.48. The number of carbonyl (C=O) groups is 4. The summed E-state index contributed by atoms with van der Waals surface area (Å²) in [6.45, 7) is 0.694. The summed E-state index contributed by atoms with van der Waals surface area (Å²) < 4.78 is 0. The number of guanidine groups is 1. The fourth-order valence-corrected chi connectivity index (χ4v) is 3.75. The van der Waals surface area contributed by atoms with Crippen LogP contribution in [0.1, 0.15) is 27.1 Å². The molecule has 0 aliphatic carbocycles. The van der Waals surface area contributed by atoms with Crippen molar-refractivity contribution in [2.45, 2.75) is 12.5 Å². The topological polar surface area (TPSA) is 161 Å². The van der Waals surface area contributed by atoms with E-state index in [9.17, 15) is 24.3 Å². The molecule has 0 radical (unpaired) electrons. The van der Waals surface area contributed by atoms with Gasteiger partial charge in [-0.1, -0.05) is 35.3 Å². The lowest BCUT2D eigenvalue weighted by molar-refractivity contribution is -0.139. The third kappa shape index (κ3) is 7.59. The lowest BCUT2D eigenvalue weighted by Crippen LogP contribution is -2.50. The van der Waals surface area contributed by atoms with E-state index in [1.165, 1.54) is 12.1 Å². The Hall–Kier alpha value is -3.83. The van der Waals surface area contributed by atoms with Gasteiger partial charge < -0.3 is 31.7 Å². The van der Waals surface area contributed by atoms with Gasteiger partial charge in [0.1, 0.15) is 6.04 Å². The number of benzene rings is 2. The Balaban J connectivity index is 1.50. The van der Waals surface area contributed by atoms with E-state index in [-0.39, 0.29) is 15.6 Å². The maximum Gasteiger partial charge on any atom is 0.328 e. The number of hydrogen-bond donors (Lipinski definition) is 6. The molecule has 11 nitrogen and oxygen atoms in total. The second kappa shape index (κ2) is 12.8. The highest BCUT2D eigenvalue weighted by Crippen LogP contribution is 2.24. The molecule has 0 saturated carbocycles. The number of carbonyl (C=O) groups excluding carboxylic acids is 3. The van der Waals surface area contributed by atoms with Crippen LogP contribution in [0.25, 0.3) is 0 Å². The third-order valence-corrected chi connectivity index (χ3v) is 5.62. The molecule has 2 aromatic carbocycles. The predicted molar refractivity (Wildman–Crippen MR) is 136 cm³/mol. The molecular formula is C23H24Cl2N6O5. The molecule has 0 unspecified atom stereocenters. The molecular weight excluding hydrogens is 511 g/mol. The average molecular weight is 535 g/mol. The molecule has 0 fully saturated rings. The molecule has 0 spiro atoms. The minimum absolute atomic E-state index is 0.0538. The number of rotatable bonds is 9. The zero-order valence-corrected chi connectivity index (χ0v) is 20.4. The van der Waals surface area contributed by atoms with Crippen LogP contribution in [0.3, 0.4) is 0 Å². The molecule has 190 valence electrons. The van der Waals surface area contributed by atoms with Gasteiger partial charge in [0.15, 0.2) is 5.96 Å². The van der Waals surface area contributed by atoms with Crippen LogP contribution in [-0.2, 0) is 9.59 Å². The Morgan fingerprint density at radius 1 is 1.03 bits per heavy atom. The highest BCUT2D eigenvalue weighted by Gasteiger charge is 2.24. The van der Waals surface area contributed by atoms with E-state index in [0.29, 0.717) is 23.8 Å². The van der Waals surface area contributed by atoms with Gasteiger partial charge in [0, 0.05) is 30.9 Å². The number of anilines is 1. The fraction of sp³-hybridized carbons (Fsp3) is 0.261. The molecule has 13 heteroatoms. The van der Waals surface area contributed by atoms with Crippen molar-refractivity contribution in [3.05, 3.63) is 63.6 Å². The largest absolute Gasteiger partial charge is 0.480 e. The van der Waals surface area contributed by atoms with Crippen molar-refractivity contribution in [2.24, 2.45) is 4.99 Å². The number of hydrogen-bond acceptors (Lipinski definition) is 7. The summed E-state index contributed by atoms with van der Waals surface area (Å²) >= 11 is 12.0. The van der Waals surface area contributed by atoms with Crippen LogP contribution in [-0.4, -0.2) is 67.0 Å². The second-order valence-corrected chi connectivity index (χ2v) is 8.48. The maximum absolute atomic E-state index is 12.5. The molecule has 1 heterocycles. The number of nitrogens with zero attached hydrogens (tertiary/aromatic N) is 1. The molecule has 6 N–H and O–H groups in total. The standard InChI is InChI=1S/C23H24Cl2N6O5/c24-15-6-2-7-16(25)19(15)21(34)31-17(22(35)36)11-28-18(32)12-29-20(33)13-4-1-5-14(10-13)30-23-26-8-3-9-27-23/h1-2,4-7,10,17H,3,8-9,11-12H2,(H,28,32)(H,29,33)(H,31,34)(H,35,36)(H2,26,27,30)/t17-/m0/s1. The van der Waals surface area contributed by atoms with E-state index in [1.807, 2.05) is 0 Å². The summed E-state index contributed by atoms with van der Waals surface area (Å²) in [5, 5.41) is 22.8. The van der Waals surface area contributed by atoms with Gasteiger partial charge in [0.25, 0.3) is 11.8 Å². The van der Waals surface area contributed by atoms with Crippen LogP contribution in [0, 0.1) is 0 Å². The van der Waals surface area contributed by atoms with Crippen LogP contribution in [0.15, 0.2) is 47.5 Å². The molecule has 1 atom stereocenters. The van der Waals surface area contributed by atoms with E-state index in [1.54, 1.807) is 30.3 Å². The van der Waals surface area contributed by atoms with Crippen molar-refractivity contribution in [3.8, 4) is 0 Å². The van der Waals surface area contributed by atoms with Crippen molar-refractivity contribution in [1.82, 2.24) is 21.3 Å². The van der Waals surface area contributed by atoms with Gasteiger partial charge in [-0.2, -0.15) is 0 Å². The quantitative estimate of drug-likeness (QED) is 0.284. The van der Waals surface area contributed by atoms with E-state index in [4.69, 9.17) is 23.2 Å². The molecule has 2 aromatic rings. The Bertz CT molecular complexity index is 1170. The molecule has 0 bridgehead atoms.